The van der Waals surface area contributed by atoms with Crippen molar-refractivity contribution in [2.24, 2.45) is 11.7 Å². The van der Waals surface area contributed by atoms with Crippen molar-refractivity contribution in [1.29, 1.82) is 0 Å². The van der Waals surface area contributed by atoms with Crippen LogP contribution in [-0.4, -0.2) is 31.1 Å². The van der Waals surface area contributed by atoms with Crippen molar-refractivity contribution in [3.05, 3.63) is 42.0 Å². The molecule has 1 saturated heterocycles. The minimum absolute atomic E-state index is 0.318. The molecule has 1 aliphatic heterocycles. The van der Waals surface area contributed by atoms with Gasteiger partial charge in [-0.3, -0.25) is 4.90 Å². The van der Waals surface area contributed by atoms with Crippen LogP contribution < -0.4 is 10.5 Å². The van der Waals surface area contributed by atoms with Crippen LogP contribution >= 0.6 is 0 Å². The maximum atomic E-state index is 6.14. The first-order valence-corrected chi connectivity index (χ1v) is 7.68. The van der Waals surface area contributed by atoms with Crippen LogP contribution in [-0.2, 0) is 6.54 Å². The monoisotopic (exact) mass is 284 g/mol. The molecule has 2 N–H and O–H groups in total. The number of benzene rings is 2. The predicted molar refractivity (Wildman–Crippen MR) is 87.5 cm³/mol. The van der Waals surface area contributed by atoms with Crippen LogP contribution in [0.25, 0.3) is 10.8 Å². The van der Waals surface area contributed by atoms with E-state index in [-0.39, 0.29) is 0 Å². The first kappa shape index (κ1) is 14.4. The van der Waals surface area contributed by atoms with Crippen molar-refractivity contribution in [3.63, 3.8) is 0 Å². The van der Waals surface area contributed by atoms with E-state index in [4.69, 9.17) is 10.5 Å². The third kappa shape index (κ3) is 3.36. The highest BCUT2D eigenvalue weighted by molar-refractivity contribution is 5.84. The number of hydrogen-bond acceptors (Lipinski definition) is 3. The molecule has 3 nitrogen and oxygen atoms in total. The van der Waals surface area contributed by atoms with Gasteiger partial charge in [-0.2, -0.15) is 0 Å². The Morgan fingerprint density at radius 1 is 1.14 bits per heavy atom. The average Bonchev–Trinajstić information content (AvgIpc) is 2.45. The van der Waals surface area contributed by atoms with Crippen LogP contribution in [0.2, 0.25) is 0 Å². The maximum Gasteiger partial charge on any atom is 0.119 e. The minimum atomic E-state index is 0.318. The molecule has 112 valence electrons. The first-order valence-electron chi connectivity index (χ1n) is 7.68. The second kappa shape index (κ2) is 6.04. The van der Waals surface area contributed by atoms with Crippen molar-refractivity contribution in [2.45, 2.75) is 25.9 Å². The summed E-state index contributed by atoms with van der Waals surface area (Å²) in [5, 5.41) is 2.49. The number of rotatable bonds is 3. The van der Waals surface area contributed by atoms with E-state index in [0.29, 0.717) is 12.0 Å². The van der Waals surface area contributed by atoms with Gasteiger partial charge in [-0.25, -0.2) is 0 Å². The standard InChI is InChI=1S/C18H24N2O/c1-13-7-17(19)12-20(10-13)11-14-3-4-16-9-18(21-2)6-5-15(16)8-14/h3-6,8-9,13,17H,7,10-12,19H2,1-2H3. The Kier molecular flexibility index (Phi) is 4.13. The van der Waals surface area contributed by atoms with Gasteiger partial charge in [0.2, 0.25) is 0 Å². The second-order valence-electron chi connectivity index (χ2n) is 6.34. The van der Waals surface area contributed by atoms with Crippen LogP contribution in [0, 0.1) is 5.92 Å². The van der Waals surface area contributed by atoms with Crippen LogP contribution in [0.5, 0.6) is 5.75 Å². The Morgan fingerprint density at radius 2 is 1.90 bits per heavy atom. The molecule has 2 aromatic carbocycles. The summed E-state index contributed by atoms with van der Waals surface area (Å²) < 4.78 is 5.28. The third-order valence-electron chi connectivity index (χ3n) is 4.29. The van der Waals surface area contributed by atoms with E-state index in [1.54, 1.807) is 7.11 Å². The van der Waals surface area contributed by atoms with Gasteiger partial charge in [-0.15, -0.1) is 0 Å². The number of fused-ring (bicyclic) bond motifs is 1. The van der Waals surface area contributed by atoms with E-state index in [9.17, 15) is 0 Å². The largest absolute Gasteiger partial charge is 0.497 e. The molecule has 1 fully saturated rings. The first-order chi connectivity index (χ1) is 10.1. The van der Waals surface area contributed by atoms with Crippen molar-refractivity contribution in [3.8, 4) is 5.75 Å². The van der Waals surface area contributed by atoms with Gasteiger partial charge in [0.1, 0.15) is 5.75 Å². The zero-order valence-corrected chi connectivity index (χ0v) is 12.9. The second-order valence-corrected chi connectivity index (χ2v) is 6.34. The van der Waals surface area contributed by atoms with E-state index < -0.39 is 0 Å². The van der Waals surface area contributed by atoms with Gasteiger partial charge in [0, 0.05) is 25.7 Å². The Labute approximate surface area is 126 Å². The lowest BCUT2D eigenvalue weighted by Crippen LogP contribution is -2.45. The summed E-state index contributed by atoms with van der Waals surface area (Å²) in [5.41, 5.74) is 7.49. The fourth-order valence-electron chi connectivity index (χ4n) is 3.40. The number of piperidine rings is 1. The summed E-state index contributed by atoms with van der Waals surface area (Å²) in [6.07, 6.45) is 1.15. The van der Waals surface area contributed by atoms with Crippen molar-refractivity contribution in [2.75, 3.05) is 20.2 Å². The van der Waals surface area contributed by atoms with Crippen molar-refractivity contribution >= 4 is 10.8 Å². The highest BCUT2D eigenvalue weighted by Crippen LogP contribution is 2.23. The zero-order valence-electron chi connectivity index (χ0n) is 12.9. The van der Waals surface area contributed by atoms with Crippen LogP contribution in [0.15, 0.2) is 36.4 Å². The molecule has 0 spiro atoms. The number of ether oxygens (including phenoxy) is 1. The van der Waals surface area contributed by atoms with Gasteiger partial charge in [0.25, 0.3) is 0 Å². The van der Waals surface area contributed by atoms with Gasteiger partial charge < -0.3 is 10.5 Å². The Hall–Kier alpha value is -1.58. The molecule has 0 aliphatic carbocycles. The quantitative estimate of drug-likeness (QED) is 0.941. The molecule has 1 heterocycles. The summed E-state index contributed by atoms with van der Waals surface area (Å²) >= 11 is 0. The number of likely N-dealkylation sites (tertiary alicyclic amines) is 1. The van der Waals surface area contributed by atoms with E-state index >= 15 is 0 Å². The molecule has 2 atom stereocenters. The predicted octanol–water partition coefficient (Wildman–Crippen LogP) is 3.02. The van der Waals surface area contributed by atoms with E-state index in [1.165, 1.54) is 16.3 Å². The minimum Gasteiger partial charge on any atom is -0.497 e. The molecule has 2 unspecified atom stereocenters. The third-order valence-corrected chi connectivity index (χ3v) is 4.29. The lowest BCUT2D eigenvalue weighted by atomic mass is 9.96. The number of methoxy groups -OCH3 is 1. The highest BCUT2D eigenvalue weighted by atomic mass is 16.5. The summed E-state index contributed by atoms with van der Waals surface area (Å²) in [4.78, 5) is 2.48. The maximum absolute atomic E-state index is 6.14. The lowest BCUT2D eigenvalue weighted by Gasteiger charge is -2.34. The topological polar surface area (TPSA) is 38.5 Å². The van der Waals surface area contributed by atoms with Crippen molar-refractivity contribution in [1.82, 2.24) is 4.90 Å². The smallest absolute Gasteiger partial charge is 0.119 e. The Morgan fingerprint density at radius 3 is 2.67 bits per heavy atom. The van der Waals surface area contributed by atoms with Crippen molar-refractivity contribution < 1.29 is 4.74 Å². The summed E-state index contributed by atoms with van der Waals surface area (Å²) in [6, 6.07) is 13.2. The van der Waals surface area contributed by atoms with Gasteiger partial charge in [-0.1, -0.05) is 25.1 Å². The van der Waals surface area contributed by atoms with E-state index in [1.807, 2.05) is 6.07 Å². The van der Waals surface area contributed by atoms with E-state index in [0.717, 1.165) is 31.8 Å². The fraction of sp³-hybridized carbons (Fsp3) is 0.444. The molecule has 0 aromatic heterocycles. The SMILES string of the molecule is COc1ccc2cc(CN3CC(C)CC(N)C3)ccc2c1. The van der Waals surface area contributed by atoms with Gasteiger partial charge >= 0.3 is 0 Å². The van der Waals surface area contributed by atoms with Gasteiger partial charge in [0.15, 0.2) is 0 Å². The average molecular weight is 284 g/mol. The summed E-state index contributed by atoms with van der Waals surface area (Å²) in [5.74, 6) is 1.60. The van der Waals surface area contributed by atoms with E-state index in [2.05, 4.69) is 42.2 Å². The molecule has 3 rings (SSSR count). The van der Waals surface area contributed by atoms with Gasteiger partial charge in [-0.05, 0) is 46.9 Å². The molecule has 0 radical (unpaired) electrons. The summed E-state index contributed by atoms with van der Waals surface area (Å²) in [6.45, 7) is 5.43. The number of nitrogens with two attached hydrogens (primary N) is 1. The molecule has 2 aromatic rings. The molecular formula is C18H24N2O. The van der Waals surface area contributed by atoms with Crippen LogP contribution in [0.3, 0.4) is 0 Å². The number of hydrogen-bond donors (Lipinski definition) is 1. The molecular weight excluding hydrogens is 260 g/mol. The summed E-state index contributed by atoms with van der Waals surface area (Å²) in [7, 11) is 1.70. The van der Waals surface area contributed by atoms with Crippen LogP contribution in [0.1, 0.15) is 18.9 Å². The molecule has 1 aliphatic rings. The molecule has 0 bridgehead atoms. The molecule has 0 amide bonds. The fourth-order valence-corrected chi connectivity index (χ4v) is 3.40. The molecule has 3 heteroatoms. The Bertz CT molecular complexity index is 616. The number of nitrogens with zero attached hydrogens (tertiary/aromatic N) is 1. The van der Waals surface area contributed by atoms with Crippen LogP contribution in [0.4, 0.5) is 0 Å². The lowest BCUT2D eigenvalue weighted by molar-refractivity contribution is 0.158. The Balaban J connectivity index is 1.78. The zero-order chi connectivity index (χ0) is 14.8. The highest BCUT2D eigenvalue weighted by Gasteiger charge is 2.21. The molecule has 21 heavy (non-hydrogen) atoms. The van der Waals surface area contributed by atoms with Gasteiger partial charge in [0.05, 0.1) is 7.11 Å². The molecule has 0 saturated carbocycles. The normalized spacial score (nSPS) is 23.4.